The largest absolute Gasteiger partial charge is 0.393 e. The highest BCUT2D eigenvalue weighted by molar-refractivity contribution is 5.97. The molecule has 0 radical (unpaired) electrons. The van der Waals surface area contributed by atoms with E-state index in [4.69, 9.17) is 0 Å². The molecule has 5 nitrogen and oxygen atoms in total. The summed E-state index contributed by atoms with van der Waals surface area (Å²) in [4.78, 5) is 12.4. The molecule has 0 aliphatic carbocycles. The fraction of sp³-hybridized carbons (Fsp3) is 0.263. The first-order valence-electron chi connectivity index (χ1n) is 8.08. The third-order valence-electron chi connectivity index (χ3n) is 4.11. The Morgan fingerprint density at radius 3 is 2.79 bits per heavy atom. The SMILES string of the molecule is CC(O)CC(CNC(=O)c1ccc2[nH]ncc2c1)c1ccccc1. The van der Waals surface area contributed by atoms with Gasteiger partial charge in [-0.05, 0) is 37.1 Å². The van der Waals surface area contributed by atoms with Crippen molar-refractivity contribution in [3.05, 3.63) is 65.9 Å². The number of hydrogen-bond donors (Lipinski definition) is 3. The van der Waals surface area contributed by atoms with E-state index in [1.54, 1.807) is 19.2 Å². The molecule has 0 bridgehead atoms. The Bertz CT molecular complexity index is 812. The van der Waals surface area contributed by atoms with Gasteiger partial charge in [-0.25, -0.2) is 0 Å². The number of nitrogens with zero attached hydrogens (tertiary/aromatic N) is 1. The predicted molar refractivity (Wildman–Crippen MR) is 93.9 cm³/mol. The number of aliphatic hydroxyl groups excluding tert-OH is 1. The molecule has 3 rings (SSSR count). The minimum atomic E-state index is -0.422. The van der Waals surface area contributed by atoms with Gasteiger partial charge in [-0.3, -0.25) is 9.89 Å². The molecule has 24 heavy (non-hydrogen) atoms. The Kier molecular flexibility index (Phi) is 4.91. The van der Waals surface area contributed by atoms with Crippen LogP contribution >= 0.6 is 0 Å². The summed E-state index contributed by atoms with van der Waals surface area (Å²) in [7, 11) is 0. The van der Waals surface area contributed by atoms with Crippen LogP contribution in [0.5, 0.6) is 0 Å². The lowest BCUT2D eigenvalue weighted by Gasteiger charge is -2.19. The van der Waals surface area contributed by atoms with Crippen LogP contribution in [0.3, 0.4) is 0 Å². The molecule has 0 fully saturated rings. The first-order valence-corrected chi connectivity index (χ1v) is 8.08. The minimum absolute atomic E-state index is 0.0767. The zero-order valence-corrected chi connectivity index (χ0v) is 13.6. The highest BCUT2D eigenvalue weighted by Gasteiger charge is 2.16. The van der Waals surface area contributed by atoms with Crippen LogP contribution in [0.4, 0.5) is 0 Å². The average Bonchev–Trinajstić information content (AvgIpc) is 3.06. The number of nitrogens with one attached hydrogen (secondary N) is 2. The lowest BCUT2D eigenvalue weighted by Crippen LogP contribution is -2.29. The molecule has 1 heterocycles. The van der Waals surface area contributed by atoms with E-state index in [1.165, 1.54) is 0 Å². The number of amides is 1. The zero-order chi connectivity index (χ0) is 16.9. The number of aromatic amines is 1. The topological polar surface area (TPSA) is 78.0 Å². The minimum Gasteiger partial charge on any atom is -0.393 e. The quantitative estimate of drug-likeness (QED) is 0.653. The van der Waals surface area contributed by atoms with Gasteiger partial charge in [0.1, 0.15) is 0 Å². The number of H-pyrrole nitrogens is 1. The van der Waals surface area contributed by atoms with Crippen molar-refractivity contribution in [2.75, 3.05) is 6.54 Å². The molecule has 1 aromatic heterocycles. The van der Waals surface area contributed by atoms with Crippen molar-refractivity contribution in [1.29, 1.82) is 0 Å². The molecule has 2 atom stereocenters. The van der Waals surface area contributed by atoms with Crippen molar-refractivity contribution in [2.24, 2.45) is 0 Å². The summed E-state index contributed by atoms with van der Waals surface area (Å²) < 4.78 is 0. The van der Waals surface area contributed by atoms with Gasteiger partial charge in [0.25, 0.3) is 5.91 Å². The predicted octanol–water partition coefficient (Wildman–Crippen LogP) is 2.85. The number of benzene rings is 2. The van der Waals surface area contributed by atoms with E-state index in [1.807, 2.05) is 42.5 Å². The van der Waals surface area contributed by atoms with E-state index in [-0.39, 0.29) is 11.8 Å². The number of fused-ring (bicyclic) bond motifs is 1. The summed E-state index contributed by atoms with van der Waals surface area (Å²) in [5, 5.41) is 20.5. The lowest BCUT2D eigenvalue weighted by atomic mass is 9.93. The van der Waals surface area contributed by atoms with Crippen LogP contribution in [0.2, 0.25) is 0 Å². The molecule has 3 aromatic rings. The number of hydrogen-bond acceptors (Lipinski definition) is 3. The van der Waals surface area contributed by atoms with Crippen molar-refractivity contribution in [3.8, 4) is 0 Å². The molecular formula is C19H21N3O2. The van der Waals surface area contributed by atoms with Crippen molar-refractivity contribution >= 4 is 16.8 Å². The molecule has 5 heteroatoms. The van der Waals surface area contributed by atoms with Gasteiger partial charge in [0.15, 0.2) is 0 Å². The molecule has 0 spiro atoms. The third kappa shape index (κ3) is 3.81. The van der Waals surface area contributed by atoms with E-state index in [9.17, 15) is 9.90 Å². The van der Waals surface area contributed by atoms with Gasteiger partial charge in [-0.2, -0.15) is 5.10 Å². The molecule has 0 saturated carbocycles. The van der Waals surface area contributed by atoms with Gasteiger partial charge in [-0.1, -0.05) is 30.3 Å². The van der Waals surface area contributed by atoms with Gasteiger partial charge in [0.2, 0.25) is 0 Å². The molecule has 1 amide bonds. The smallest absolute Gasteiger partial charge is 0.251 e. The third-order valence-corrected chi connectivity index (χ3v) is 4.11. The Labute approximate surface area is 140 Å². The van der Waals surface area contributed by atoms with E-state index in [0.717, 1.165) is 16.5 Å². The summed E-state index contributed by atoms with van der Waals surface area (Å²) in [6, 6.07) is 15.4. The highest BCUT2D eigenvalue weighted by Crippen LogP contribution is 2.21. The van der Waals surface area contributed by atoms with Gasteiger partial charge in [0, 0.05) is 23.4 Å². The maximum atomic E-state index is 12.4. The van der Waals surface area contributed by atoms with Gasteiger partial charge < -0.3 is 10.4 Å². The van der Waals surface area contributed by atoms with Crippen molar-refractivity contribution < 1.29 is 9.90 Å². The lowest BCUT2D eigenvalue weighted by molar-refractivity contribution is 0.0945. The fourth-order valence-corrected chi connectivity index (χ4v) is 2.88. The fourth-order valence-electron chi connectivity index (χ4n) is 2.88. The summed E-state index contributed by atoms with van der Waals surface area (Å²) >= 11 is 0. The van der Waals surface area contributed by atoms with Crippen molar-refractivity contribution in [1.82, 2.24) is 15.5 Å². The second-order valence-electron chi connectivity index (χ2n) is 6.07. The Balaban J connectivity index is 1.70. The molecule has 124 valence electrons. The Morgan fingerprint density at radius 1 is 1.25 bits per heavy atom. The van der Waals surface area contributed by atoms with Crippen LogP contribution in [0.15, 0.2) is 54.7 Å². The Hall–Kier alpha value is -2.66. The van der Waals surface area contributed by atoms with Crippen molar-refractivity contribution in [3.63, 3.8) is 0 Å². The molecule has 0 aliphatic rings. The van der Waals surface area contributed by atoms with Gasteiger partial charge in [-0.15, -0.1) is 0 Å². The van der Waals surface area contributed by atoms with Crippen molar-refractivity contribution in [2.45, 2.75) is 25.4 Å². The zero-order valence-electron chi connectivity index (χ0n) is 13.6. The van der Waals surface area contributed by atoms with E-state index >= 15 is 0 Å². The maximum Gasteiger partial charge on any atom is 0.251 e. The second kappa shape index (κ2) is 7.27. The van der Waals surface area contributed by atoms with Crippen LogP contribution in [0.1, 0.15) is 35.2 Å². The number of aromatic nitrogens is 2. The normalized spacial score (nSPS) is 13.6. The van der Waals surface area contributed by atoms with E-state index in [2.05, 4.69) is 15.5 Å². The molecule has 3 N–H and O–H groups in total. The molecule has 2 aromatic carbocycles. The number of rotatable bonds is 6. The molecule has 0 aliphatic heterocycles. The number of aliphatic hydroxyl groups is 1. The van der Waals surface area contributed by atoms with E-state index in [0.29, 0.717) is 18.5 Å². The second-order valence-corrected chi connectivity index (χ2v) is 6.07. The average molecular weight is 323 g/mol. The van der Waals surface area contributed by atoms with E-state index < -0.39 is 6.10 Å². The highest BCUT2D eigenvalue weighted by atomic mass is 16.3. The molecule has 0 saturated heterocycles. The first kappa shape index (κ1) is 16.2. The maximum absolute atomic E-state index is 12.4. The summed E-state index contributed by atoms with van der Waals surface area (Å²) in [6.45, 7) is 2.25. The standard InChI is InChI=1S/C19H21N3O2/c1-13(23)9-16(14-5-3-2-4-6-14)11-20-19(24)15-7-8-18-17(10-15)12-21-22-18/h2-8,10,12-13,16,23H,9,11H2,1H3,(H,20,24)(H,21,22). The summed E-state index contributed by atoms with van der Waals surface area (Å²) in [5.74, 6) is -0.0440. The monoisotopic (exact) mass is 323 g/mol. The summed E-state index contributed by atoms with van der Waals surface area (Å²) in [6.07, 6.45) is 1.88. The van der Waals surface area contributed by atoms with Gasteiger partial charge >= 0.3 is 0 Å². The van der Waals surface area contributed by atoms with Crippen LogP contribution in [-0.4, -0.2) is 33.9 Å². The van der Waals surface area contributed by atoms with Crippen LogP contribution in [-0.2, 0) is 0 Å². The number of carbonyl (C=O) groups is 1. The van der Waals surface area contributed by atoms with Gasteiger partial charge in [0.05, 0.1) is 17.8 Å². The Morgan fingerprint density at radius 2 is 2.04 bits per heavy atom. The first-order chi connectivity index (χ1) is 11.6. The van der Waals surface area contributed by atoms with Crippen LogP contribution in [0, 0.1) is 0 Å². The molecule has 2 unspecified atom stereocenters. The summed E-state index contributed by atoms with van der Waals surface area (Å²) in [5.41, 5.74) is 2.62. The number of carbonyl (C=O) groups excluding carboxylic acids is 1. The van der Waals surface area contributed by atoms with Crippen LogP contribution < -0.4 is 5.32 Å². The van der Waals surface area contributed by atoms with Crippen LogP contribution in [0.25, 0.3) is 10.9 Å². The molecular weight excluding hydrogens is 302 g/mol.